The molecule has 54 heavy (non-hydrogen) atoms. The monoisotopic (exact) mass is 689 g/mol. The van der Waals surface area contributed by atoms with Crippen molar-refractivity contribution in [2.45, 2.75) is 0 Å². The lowest BCUT2D eigenvalue weighted by Crippen LogP contribution is -1.94. The third kappa shape index (κ3) is 5.74. The summed E-state index contributed by atoms with van der Waals surface area (Å²) in [6.45, 7) is 0. The van der Waals surface area contributed by atoms with E-state index in [1.54, 1.807) is 6.20 Å². The highest BCUT2D eigenvalue weighted by Gasteiger charge is 2.16. The molecular formula is C49H31N5. The molecule has 5 nitrogen and oxygen atoms in total. The van der Waals surface area contributed by atoms with Gasteiger partial charge in [-0.25, -0.2) is 9.97 Å². The van der Waals surface area contributed by atoms with Gasteiger partial charge in [-0.2, -0.15) is 0 Å². The lowest BCUT2D eigenvalue weighted by atomic mass is 9.92. The Bertz CT molecular complexity index is 2860. The molecule has 10 rings (SSSR count). The molecular weight excluding hydrogens is 659 g/mol. The van der Waals surface area contributed by atoms with Crippen molar-refractivity contribution in [3.63, 3.8) is 0 Å². The van der Waals surface area contributed by atoms with Crippen LogP contribution in [0.5, 0.6) is 0 Å². The largest absolute Gasteiger partial charge is 0.264 e. The Hall–Kier alpha value is -7.37. The number of hydrogen-bond acceptors (Lipinski definition) is 5. The standard InChI is InChI=1S/C49H31N5/c1-2-9-32(10-3-1)39-22-24-44(52-31-39)46-29-40(28-45(53-46)34-19-17-33(18-20-34)38-14-7-25-50-30-38)36-11-6-12-37(27-36)47-41-15-4-5-16-43(41)54-49-42(47)23-21-35-13-8-26-51-48(35)49/h1-31H. The van der Waals surface area contributed by atoms with Gasteiger partial charge in [0, 0.05) is 57.6 Å². The first kappa shape index (κ1) is 31.4. The van der Waals surface area contributed by atoms with Crippen LogP contribution in [-0.4, -0.2) is 24.9 Å². The normalized spacial score (nSPS) is 11.3. The second-order valence-corrected chi connectivity index (χ2v) is 13.4. The van der Waals surface area contributed by atoms with Gasteiger partial charge in [0.25, 0.3) is 0 Å². The summed E-state index contributed by atoms with van der Waals surface area (Å²) in [4.78, 5) is 24.3. The van der Waals surface area contributed by atoms with E-state index in [-0.39, 0.29) is 0 Å². The summed E-state index contributed by atoms with van der Waals surface area (Å²) >= 11 is 0. The Balaban J connectivity index is 1.13. The highest BCUT2D eigenvalue weighted by molar-refractivity contribution is 6.16. The maximum Gasteiger partial charge on any atom is 0.0978 e. The summed E-state index contributed by atoms with van der Waals surface area (Å²) < 4.78 is 0. The topological polar surface area (TPSA) is 64.5 Å². The van der Waals surface area contributed by atoms with E-state index < -0.39 is 0 Å². The van der Waals surface area contributed by atoms with Gasteiger partial charge in [-0.15, -0.1) is 0 Å². The van der Waals surface area contributed by atoms with Crippen molar-refractivity contribution in [3.05, 3.63) is 189 Å². The van der Waals surface area contributed by atoms with Crippen LogP contribution in [0.4, 0.5) is 0 Å². The predicted octanol–water partition coefficient (Wildman–Crippen LogP) is 12.1. The van der Waals surface area contributed by atoms with Crippen molar-refractivity contribution in [3.8, 4) is 67.2 Å². The number of aromatic nitrogens is 5. The maximum absolute atomic E-state index is 5.21. The van der Waals surface area contributed by atoms with E-state index in [9.17, 15) is 0 Å². The van der Waals surface area contributed by atoms with Gasteiger partial charge >= 0.3 is 0 Å². The van der Waals surface area contributed by atoms with E-state index in [1.165, 1.54) is 0 Å². The first-order chi connectivity index (χ1) is 26.7. The molecule has 0 fully saturated rings. The number of fused-ring (bicyclic) bond motifs is 4. The number of pyridine rings is 5. The van der Waals surface area contributed by atoms with Crippen LogP contribution in [0.3, 0.4) is 0 Å². The molecule has 5 heteroatoms. The van der Waals surface area contributed by atoms with Crippen LogP contribution in [0.1, 0.15) is 0 Å². The van der Waals surface area contributed by atoms with E-state index in [2.05, 4.69) is 132 Å². The molecule has 5 heterocycles. The van der Waals surface area contributed by atoms with E-state index in [4.69, 9.17) is 19.9 Å². The SMILES string of the molecule is c1ccc(-c2ccc(-c3cc(-c4cccc(-c5c6ccccc6nc6c5ccc5cccnc56)c4)cc(-c4ccc(-c5cccnc5)cc4)n3)nc2)cc1. The molecule has 0 bridgehead atoms. The molecule has 0 unspecified atom stereocenters. The number of nitrogens with zero attached hydrogens (tertiary/aromatic N) is 5. The molecule has 0 radical (unpaired) electrons. The molecule has 0 amide bonds. The zero-order valence-electron chi connectivity index (χ0n) is 29.1. The van der Waals surface area contributed by atoms with E-state index in [0.717, 1.165) is 99.9 Å². The second-order valence-electron chi connectivity index (χ2n) is 13.4. The molecule has 0 atom stereocenters. The van der Waals surface area contributed by atoms with E-state index in [1.807, 2.05) is 55.0 Å². The number of hydrogen-bond donors (Lipinski definition) is 0. The summed E-state index contributed by atoms with van der Waals surface area (Å²) in [6.07, 6.45) is 7.45. The Morgan fingerprint density at radius 3 is 1.91 bits per heavy atom. The molecule has 0 spiro atoms. The molecule has 0 aliphatic heterocycles. The Morgan fingerprint density at radius 1 is 0.333 bits per heavy atom. The fourth-order valence-electron chi connectivity index (χ4n) is 7.35. The molecule has 0 saturated heterocycles. The van der Waals surface area contributed by atoms with Crippen molar-refractivity contribution >= 4 is 32.7 Å². The van der Waals surface area contributed by atoms with Gasteiger partial charge < -0.3 is 0 Å². The van der Waals surface area contributed by atoms with Gasteiger partial charge in [-0.3, -0.25) is 15.0 Å². The Labute approximate surface area is 312 Å². The zero-order chi connectivity index (χ0) is 35.8. The third-order valence-electron chi connectivity index (χ3n) is 10.0. The minimum absolute atomic E-state index is 0.807. The van der Waals surface area contributed by atoms with Crippen LogP contribution in [0, 0.1) is 0 Å². The van der Waals surface area contributed by atoms with Crippen LogP contribution < -0.4 is 0 Å². The summed E-state index contributed by atoms with van der Waals surface area (Å²) in [5.74, 6) is 0. The van der Waals surface area contributed by atoms with Crippen molar-refractivity contribution in [2.24, 2.45) is 0 Å². The molecule has 5 aromatic carbocycles. The fraction of sp³-hybridized carbons (Fsp3) is 0. The number of para-hydroxylation sites is 1. The van der Waals surface area contributed by atoms with Gasteiger partial charge in [0.2, 0.25) is 0 Å². The highest BCUT2D eigenvalue weighted by Crippen LogP contribution is 2.39. The molecule has 5 aromatic heterocycles. The number of rotatable bonds is 6. The van der Waals surface area contributed by atoms with Gasteiger partial charge in [-0.05, 0) is 75.8 Å². The average Bonchev–Trinajstić information content (AvgIpc) is 3.26. The smallest absolute Gasteiger partial charge is 0.0978 e. The molecule has 0 aliphatic rings. The van der Waals surface area contributed by atoms with Crippen LogP contribution in [0.2, 0.25) is 0 Å². The van der Waals surface area contributed by atoms with Gasteiger partial charge in [0.05, 0.1) is 33.6 Å². The molecule has 252 valence electrons. The van der Waals surface area contributed by atoms with E-state index >= 15 is 0 Å². The van der Waals surface area contributed by atoms with Crippen molar-refractivity contribution < 1.29 is 0 Å². The summed E-state index contributed by atoms with van der Waals surface area (Å²) in [5, 5.41) is 3.25. The summed E-state index contributed by atoms with van der Waals surface area (Å²) in [7, 11) is 0. The third-order valence-corrected chi connectivity index (χ3v) is 10.0. The Morgan fingerprint density at radius 2 is 1.06 bits per heavy atom. The predicted molar refractivity (Wildman–Crippen MR) is 221 cm³/mol. The minimum atomic E-state index is 0.807. The van der Waals surface area contributed by atoms with Gasteiger partial charge in [0.1, 0.15) is 0 Å². The molecule has 0 aliphatic carbocycles. The van der Waals surface area contributed by atoms with E-state index in [0.29, 0.717) is 0 Å². The van der Waals surface area contributed by atoms with Crippen LogP contribution in [0.25, 0.3) is 99.9 Å². The van der Waals surface area contributed by atoms with Crippen molar-refractivity contribution in [1.29, 1.82) is 0 Å². The highest BCUT2D eigenvalue weighted by atomic mass is 14.8. The quantitative estimate of drug-likeness (QED) is 0.128. The first-order valence-corrected chi connectivity index (χ1v) is 18.0. The fourth-order valence-corrected chi connectivity index (χ4v) is 7.35. The Kier molecular flexibility index (Phi) is 7.73. The van der Waals surface area contributed by atoms with Crippen LogP contribution in [-0.2, 0) is 0 Å². The van der Waals surface area contributed by atoms with Crippen LogP contribution >= 0.6 is 0 Å². The lowest BCUT2D eigenvalue weighted by molar-refractivity contribution is 1.25. The van der Waals surface area contributed by atoms with Gasteiger partial charge in [0.15, 0.2) is 0 Å². The molecule has 10 aromatic rings. The lowest BCUT2D eigenvalue weighted by Gasteiger charge is -2.15. The summed E-state index contributed by atoms with van der Waals surface area (Å²) in [6, 6.07) is 56.9. The minimum Gasteiger partial charge on any atom is -0.264 e. The maximum atomic E-state index is 5.21. The average molecular weight is 690 g/mol. The number of benzene rings is 5. The van der Waals surface area contributed by atoms with Crippen molar-refractivity contribution in [2.75, 3.05) is 0 Å². The van der Waals surface area contributed by atoms with Crippen LogP contribution in [0.15, 0.2) is 189 Å². The first-order valence-electron chi connectivity index (χ1n) is 18.0. The van der Waals surface area contributed by atoms with Gasteiger partial charge in [-0.1, -0.05) is 121 Å². The zero-order valence-corrected chi connectivity index (χ0v) is 29.1. The molecule has 0 saturated carbocycles. The van der Waals surface area contributed by atoms with Crippen molar-refractivity contribution in [1.82, 2.24) is 24.9 Å². The molecule has 0 N–H and O–H groups in total. The summed E-state index contributed by atoms with van der Waals surface area (Å²) in [5.41, 5.74) is 15.0. The second kappa shape index (κ2) is 13.3.